The van der Waals surface area contributed by atoms with Crippen LogP contribution in [0.2, 0.25) is 0 Å². The van der Waals surface area contributed by atoms with Gasteiger partial charge in [0.25, 0.3) is 0 Å². The van der Waals surface area contributed by atoms with Gasteiger partial charge in [-0.2, -0.15) is 4.98 Å². The molecule has 0 bridgehead atoms. The van der Waals surface area contributed by atoms with Crippen molar-refractivity contribution in [2.24, 2.45) is 11.8 Å². The molecule has 0 aromatic carbocycles. The number of nitrogen functional groups attached to an aromatic ring is 1. The highest BCUT2D eigenvalue weighted by molar-refractivity contribution is 5.47. The van der Waals surface area contributed by atoms with Gasteiger partial charge in [-0.1, -0.05) is 0 Å². The van der Waals surface area contributed by atoms with Gasteiger partial charge >= 0.3 is 0 Å². The standard InChI is InChI=1S/C11H18N4O2/c1-7-10(15-12)13-8(2)14-11(7)17-6-9-3-4-16-5-9/h9H,3-6,12H2,1-2H3,(H,13,14,15). The van der Waals surface area contributed by atoms with E-state index in [9.17, 15) is 0 Å². The van der Waals surface area contributed by atoms with Gasteiger partial charge in [-0.25, -0.2) is 10.8 Å². The topological polar surface area (TPSA) is 82.3 Å². The molecule has 3 N–H and O–H groups in total. The lowest BCUT2D eigenvalue weighted by Crippen LogP contribution is -2.16. The lowest BCUT2D eigenvalue weighted by molar-refractivity contribution is 0.165. The number of ether oxygens (including phenoxy) is 2. The van der Waals surface area contributed by atoms with Gasteiger partial charge in [-0.05, 0) is 20.3 Å². The first-order valence-corrected chi connectivity index (χ1v) is 5.73. The maximum Gasteiger partial charge on any atom is 0.221 e. The molecule has 6 nitrogen and oxygen atoms in total. The van der Waals surface area contributed by atoms with Crippen molar-refractivity contribution >= 4 is 5.82 Å². The number of hydrazine groups is 1. The predicted molar refractivity (Wildman–Crippen MR) is 63.7 cm³/mol. The van der Waals surface area contributed by atoms with Crippen molar-refractivity contribution in [2.75, 3.05) is 25.2 Å². The molecule has 94 valence electrons. The highest BCUT2D eigenvalue weighted by Gasteiger charge is 2.18. The largest absolute Gasteiger partial charge is 0.477 e. The Bertz CT molecular complexity index is 391. The zero-order valence-corrected chi connectivity index (χ0v) is 10.2. The van der Waals surface area contributed by atoms with Gasteiger partial charge in [0.05, 0.1) is 18.8 Å². The third-order valence-electron chi connectivity index (χ3n) is 2.83. The summed E-state index contributed by atoms with van der Waals surface area (Å²) in [4.78, 5) is 8.45. The van der Waals surface area contributed by atoms with Crippen LogP contribution in [0.5, 0.6) is 5.88 Å². The smallest absolute Gasteiger partial charge is 0.221 e. The van der Waals surface area contributed by atoms with E-state index in [0.29, 0.717) is 30.0 Å². The van der Waals surface area contributed by atoms with Crippen LogP contribution in [0.1, 0.15) is 17.8 Å². The number of anilines is 1. The molecular weight excluding hydrogens is 220 g/mol. The van der Waals surface area contributed by atoms with Crippen molar-refractivity contribution in [1.82, 2.24) is 9.97 Å². The monoisotopic (exact) mass is 238 g/mol. The van der Waals surface area contributed by atoms with Gasteiger partial charge in [0.15, 0.2) is 0 Å². The number of hydrogen-bond acceptors (Lipinski definition) is 6. The molecule has 1 aromatic rings. The summed E-state index contributed by atoms with van der Waals surface area (Å²) < 4.78 is 11.0. The molecule has 0 amide bonds. The Labute approximate surface area is 101 Å². The number of hydrogen-bond donors (Lipinski definition) is 2. The van der Waals surface area contributed by atoms with Gasteiger partial charge < -0.3 is 14.9 Å². The highest BCUT2D eigenvalue weighted by atomic mass is 16.5. The zero-order valence-electron chi connectivity index (χ0n) is 10.2. The summed E-state index contributed by atoms with van der Waals surface area (Å²) in [6.45, 7) is 5.92. The van der Waals surface area contributed by atoms with Gasteiger partial charge in [-0.15, -0.1) is 0 Å². The molecule has 0 aliphatic carbocycles. The lowest BCUT2D eigenvalue weighted by atomic mass is 10.1. The average Bonchev–Trinajstić information content (AvgIpc) is 2.82. The Hall–Kier alpha value is -1.40. The Morgan fingerprint density at radius 3 is 2.94 bits per heavy atom. The molecule has 1 saturated heterocycles. The van der Waals surface area contributed by atoms with Gasteiger partial charge in [0, 0.05) is 12.5 Å². The third-order valence-corrected chi connectivity index (χ3v) is 2.83. The molecule has 0 saturated carbocycles. The summed E-state index contributed by atoms with van der Waals surface area (Å²) in [6.07, 6.45) is 1.05. The van der Waals surface area contributed by atoms with E-state index >= 15 is 0 Å². The molecule has 1 aliphatic heterocycles. The Morgan fingerprint density at radius 2 is 2.29 bits per heavy atom. The van der Waals surface area contributed by atoms with Crippen LogP contribution < -0.4 is 16.0 Å². The molecule has 2 heterocycles. The summed E-state index contributed by atoms with van der Waals surface area (Å²) >= 11 is 0. The Kier molecular flexibility index (Phi) is 3.75. The van der Waals surface area contributed by atoms with E-state index in [-0.39, 0.29) is 0 Å². The summed E-state index contributed by atoms with van der Waals surface area (Å²) in [5.74, 6) is 7.69. The van der Waals surface area contributed by atoms with E-state index in [1.54, 1.807) is 0 Å². The Morgan fingerprint density at radius 1 is 1.47 bits per heavy atom. The molecule has 1 unspecified atom stereocenters. The summed E-state index contributed by atoms with van der Waals surface area (Å²) in [5, 5.41) is 0. The normalized spacial score (nSPS) is 19.4. The fraction of sp³-hybridized carbons (Fsp3) is 0.636. The summed E-state index contributed by atoms with van der Waals surface area (Å²) in [5.41, 5.74) is 3.38. The average molecular weight is 238 g/mol. The SMILES string of the molecule is Cc1nc(NN)c(C)c(OCC2CCOC2)n1. The Balaban J connectivity index is 2.06. The van der Waals surface area contributed by atoms with Crippen LogP contribution in [0.25, 0.3) is 0 Å². The van der Waals surface area contributed by atoms with Gasteiger partial charge in [-0.3, -0.25) is 0 Å². The first-order valence-electron chi connectivity index (χ1n) is 5.73. The maximum atomic E-state index is 5.72. The number of nitrogens with zero attached hydrogens (tertiary/aromatic N) is 2. The highest BCUT2D eigenvalue weighted by Crippen LogP contribution is 2.22. The van der Waals surface area contributed by atoms with Crippen molar-refractivity contribution in [1.29, 1.82) is 0 Å². The second kappa shape index (κ2) is 5.29. The second-order valence-corrected chi connectivity index (χ2v) is 4.23. The first kappa shape index (κ1) is 12.1. The number of nitrogens with one attached hydrogen (secondary N) is 1. The molecule has 2 rings (SSSR count). The minimum Gasteiger partial charge on any atom is -0.477 e. The predicted octanol–water partition coefficient (Wildman–Crippen LogP) is 0.794. The fourth-order valence-electron chi connectivity index (χ4n) is 1.80. The van der Waals surface area contributed by atoms with E-state index in [4.69, 9.17) is 15.3 Å². The number of nitrogens with two attached hydrogens (primary N) is 1. The van der Waals surface area contributed by atoms with Crippen LogP contribution in [-0.4, -0.2) is 29.8 Å². The van der Waals surface area contributed by atoms with E-state index < -0.39 is 0 Å². The first-order chi connectivity index (χ1) is 8.20. The molecule has 0 radical (unpaired) electrons. The molecule has 6 heteroatoms. The number of aryl methyl sites for hydroxylation is 1. The lowest BCUT2D eigenvalue weighted by Gasteiger charge is -2.13. The van der Waals surface area contributed by atoms with E-state index in [1.807, 2.05) is 13.8 Å². The number of rotatable bonds is 4. The van der Waals surface area contributed by atoms with E-state index in [2.05, 4.69) is 15.4 Å². The van der Waals surface area contributed by atoms with Crippen molar-refractivity contribution in [3.8, 4) is 5.88 Å². The molecule has 0 spiro atoms. The molecular formula is C11H18N4O2. The summed E-state index contributed by atoms with van der Waals surface area (Å²) in [6, 6.07) is 0. The quantitative estimate of drug-likeness (QED) is 0.596. The van der Waals surface area contributed by atoms with E-state index in [0.717, 1.165) is 25.2 Å². The second-order valence-electron chi connectivity index (χ2n) is 4.23. The molecule has 1 aromatic heterocycles. The van der Waals surface area contributed by atoms with Crippen molar-refractivity contribution in [3.63, 3.8) is 0 Å². The minimum absolute atomic E-state index is 0.457. The molecule has 1 atom stereocenters. The molecule has 1 fully saturated rings. The zero-order chi connectivity index (χ0) is 12.3. The van der Waals surface area contributed by atoms with E-state index in [1.165, 1.54) is 0 Å². The van der Waals surface area contributed by atoms with Crippen LogP contribution >= 0.6 is 0 Å². The maximum absolute atomic E-state index is 5.72. The van der Waals surface area contributed by atoms with Gasteiger partial charge in [0.1, 0.15) is 11.6 Å². The van der Waals surface area contributed by atoms with Crippen LogP contribution in [0, 0.1) is 19.8 Å². The van der Waals surface area contributed by atoms with Crippen LogP contribution in [0.15, 0.2) is 0 Å². The number of aromatic nitrogens is 2. The van der Waals surface area contributed by atoms with Crippen molar-refractivity contribution < 1.29 is 9.47 Å². The van der Waals surface area contributed by atoms with Crippen LogP contribution in [0.3, 0.4) is 0 Å². The molecule has 1 aliphatic rings. The van der Waals surface area contributed by atoms with Crippen molar-refractivity contribution in [2.45, 2.75) is 20.3 Å². The summed E-state index contributed by atoms with van der Waals surface area (Å²) in [7, 11) is 0. The molecule has 17 heavy (non-hydrogen) atoms. The fourth-order valence-corrected chi connectivity index (χ4v) is 1.80. The third kappa shape index (κ3) is 2.83. The van der Waals surface area contributed by atoms with Crippen LogP contribution in [0.4, 0.5) is 5.82 Å². The minimum atomic E-state index is 0.457. The van der Waals surface area contributed by atoms with Crippen molar-refractivity contribution in [3.05, 3.63) is 11.4 Å². The van der Waals surface area contributed by atoms with Gasteiger partial charge in [0.2, 0.25) is 5.88 Å². The van der Waals surface area contributed by atoms with Crippen LogP contribution in [-0.2, 0) is 4.74 Å².